The summed E-state index contributed by atoms with van der Waals surface area (Å²) in [4.78, 5) is 48.2. The van der Waals surface area contributed by atoms with Crippen LogP contribution in [0.1, 0.15) is 102 Å². The normalized spacial score (nSPS) is 16.0. The Morgan fingerprint density at radius 3 is 1.33 bits per heavy atom. The second-order valence-corrected chi connectivity index (χ2v) is 17.8. The van der Waals surface area contributed by atoms with Gasteiger partial charge in [0, 0.05) is 35.3 Å². The van der Waals surface area contributed by atoms with E-state index < -0.39 is 22.8 Å². The molecule has 304 valence electrons. The van der Waals surface area contributed by atoms with Gasteiger partial charge in [0.1, 0.15) is 33.7 Å². The predicted octanol–water partition coefficient (Wildman–Crippen LogP) is 7.90. The number of nitrogens with zero attached hydrogens (tertiary/aromatic N) is 6. The average molecular weight is 791 g/mol. The molecule has 0 radical (unpaired) electrons. The number of benzene rings is 2. The van der Waals surface area contributed by atoms with Gasteiger partial charge in [-0.05, 0) is 50.7 Å². The van der Waals surface area contributed by atoms with Gasteiger partial charge in [0.05, 0.1) is 60.2 Å². The van der Waals surface area contributed by atoms with E-state index >= 15 is 0 Å². The van der Waals surface area contributed by atoms with Gasteiger partial charge in [0.15, 0.2) is 10.9 Å². The van der Waals surface area contributed by atoms with Gasteiger partial charge >= 0.3 is 11.9 Å². The molecule has 6 aromatic rings. The number of hydrogen-bond donors (Lipinski definition) is 2. The Balaban J connectivity index is 0.000000177. The van der Waals surface area contributed by atoms with Crippen molar-refractivity contribution < 1.29 is 29.3 Å². The Hall–Kier alpha value is -6.18. The maximum atomic E-state index is 12.5. The first-order valence-electron chi connectivity index (χ1n) is 19.5. The first-order valence-corrected chi connectivity index (χ1v) is 19.5. The molecule has 2 aromatic carbocycles. The van der Waals surface area contributed by atoms with Gasteiger partial charge in [0.25, 0.3) is 0 Å². The van der Waals surface area contributed by atoms with E-state index in [1.165, 1.54) is 24.5 Å². The zero-order chi connectivity index (χ0) is 42.2. The summed E-state index contributed by atoms with van der Waals surface area (Å²) < 4.78 is 19.6. The number of aromatic carboxylic acids is 2. The Morgan fingerprint density at radius 1 is 0.655 bits per heavy atom. The predicted molar refractivity (Wildman–Crippen MR) is 221 cm³/mol. The molecule has 8 rings (SSSR count). The van der Waals surface area contributed by atoms with Crippen LogP contribution in [-0.2, 0) is 13.1 Å². The molecule has 0 aliphatic carbocycles. The summed E-state index contributed by atoms with van der Waals surface area (Å²) >= 11 is 0. The molecule has 14 nitrogen and oxygen atoms in total. The molecule has 2 aliphatic heterocycles. The van der Waals surface area contributed by atoms with Crippen molar-refractivity contribution in [3.8, 4) is 34.3 Å². The molecule has 0 fully saturated rings. The molecule has 2 atom stereocenters. The van der Waals surface area contributed by atoms with E-state index in [2.05, 4.69) is 41.5 Å². The standard InChI is InChI=1S/2C22H25N3O4/c2*1-12(2)29-17-8-6-7-13-19(17)23-25-11-18(22(3,4)5)24-10-14(21(27)28)16(26)9-15(24)20(13)25/h2*6-10,12,18H,11H2,1-5H3,(H,27,28)/t2*18-/m10/s1. The van der Waals surface area contributed by atoms with Gasteiger partial charge in [0.2, 0.25) is 0 Å². The number of rotatable bonds is 6. The van der Waals surface area contributed by atoms with Crippen molar-refractivity contribution >= 4 is 33.7 Å². The molecular formula is C44H50N6O8. The second kappa shape index (κ2) is 14.3. The molecule has 0 saturated heterocycles. The molecule has 0 saturated carbocycles. The topological polar surface area (TPSA) is 173 Å². The van der Waals surface area contributed by atoms with Crippen LogP contribution >= 0.6 is 0 Å². The van der Waals surface area contributed by atoms with Crippen molar-refractivity contribution in [2.45, 2.75) is 107 Å². The van der Waals surface area contributed by atoms with E-state index in [0.717, 1.165) is 33.2 Å². The highest BCUT2D eigenvalue weighted by Crippen LogP contribution is 2.45. The summed E-state index contributed by atoms with van der Waals surface area (Å²) in [7, 11) is 0. The van der Waals surface area contributed by atoms with E-state index in [9.17, 15) is 29.4 Å². The highest BCUT2D eigenvalue weighted by molar-refractivity contribution is 5.98. The Morgan fingerprint density at radius 2 is 1.02 bits per heavy atom. The SMILES string of the molecule is CC(C)Oc1cccc2c3n(nc12)C[C@@H](C(C)(C)C)n1cc(C(=O)O)c(=O)cc1-3.CC(C)Oc1cccc2c3n(nc12)C[C@H](C(C)(C)C)n1cc(C(=O)O)c(=O)cc1-3. The van der Waals surface area contributed by atoms with E-state index in [1.54, 1.807) is 0 Å². The van der Waals surface area contributed by atoms with Crippen LogP contribution in [0.3, 0.4) is 0 Å². The maximum Gasteiger partial charge on any atom is 0.341 e. The fraction of sp³-hybridized carbons (Fsp3) is 0.409. The monoisotopic (exact) mass is 790 g/mol. The molecule has 14 heteroatoms. The first kappa shape index (κ1) is 40.0. The lowest BCUT2D eigenvalue weighted by molar-refractivity contribution is 0.0682. The molecule has 0 bridgehead atoms. The van der Waals surface area contributed by atoms with Crippen molar-refractivity contribution in [1.29, 1.82) is 0 Å². The molecule has 0 unspecified atom stereocenters. The van der Waals surface area contributed by atoms with Crippen LogP contribution in [0.4, 0.5) is 0 Å². The minimum absolute atomic E-state index is 0.00896. The molecule has 0 spiro atoms. The zero-order valence-electron chi connectivity index (χ0n) is 34.5. The smallest absolute Gasteiger partial charge is 0.341 e. The highest BCUT2D eigenvalue weighted by Gasteiger charge is 2.37. The Labute approximate surface area is 335 Å². The quantitative estimate of drug-likeness (QED) is 0.169. The van der Waals surface area contributed by atoms with Gasteiger partial charge in [-0.1, -0.05) is 65.8 Å². The summed E-state index contributed by atoms with van der Waals surface area (Å²) in [6.45, 7) is 21.6. The largest absolute Gasteiger partial charge is 0.489 e. The van der Waals surface area contributed by atoms with Crippen molar-refractivity contribution in [3.63, 3.8) is 0 Å². The molecule has 58 heavy (non-hydrogen) atoms. The van der Waals surface area contributed by atoms with Crippen LogP contribution in [0.5, 0.6) is 11.5 Å². The van der Waals surface area contributed by atoms with Crippen LogP contribution in [-0.4, -0.2) is 63.1 Å². The summed E-state index contributed by atoms with van der Waals surface area (Å²) in [5.41, 5.74) is 2.66. The van der Waals surface area contributed by atoms with Crippen LogP contribution < -0.4 is 20.3 Å². The van der Waals surface area contributed by atoms with Gasteiger partial charge in [-0.2, -0.15) is 10.2 Å². The van der Waals surface area contributed by atoms with E-state index in [4.69, 9.17) is 19.7 Å². The lowest BCUT2D eigenvalue weighted by Gasteiger charge is -2.38. The fourth-order valence-electron chi connectivity index (χ4n) is 7.96. The number of carbonyl (C=O) groups is 2. The molecule has 6 heterocycles. The number of carboxylic acid groups (broad SMARTS) is 2. The maximum absolute atomic E-state index is 12.5. The number of pyridine rings is 2. The lowest BCUT2D eigenvalue weighted by Crippen LogP contribution is -2.35. The van der Waals surface area contributed by atoms with Gasteiger partial charge in [-0.3, -0.25) is 19.0 Å². The molecule has 0 amide bonds. The third-order valence-corrected chi connectivity index (χ3v) is 10.7. The number of aromatic nitrogens is 6. The number of fused-ring (bicyclic) bond motifs is 10. The van der Waals surface area contributed by atoms with Crippen LogP contribution in [0, 0.1) is 10.8 Å². The fourth-order valence-corrected chi connectivity index (χ4v) is 7.96. The Bertz CT molecular complexity index is 2550. The zero-order valence-corrected chi connectivity index (χ0v) is 34.5. The van der Waals surface area contributed by atoms with E-state index in [-0.39, 0.29) is 46.2 Å². The minimum atomic E-state index is -1.21. The molecule has 4 aromatic heterocycles. The molecule has 2 aliphatic rings. The van der Waals surface area contributed by atoms with Crippen LogP contribution in [0.15, 0.2) is 70.5 Å². The first-order chi connectivity index (χ1) is 27.1. The lowest BCUT2D eigenvalue weighted by atomic mass is 9.85. The summed E-state index contributed by atoms with van der Waals surface area (Å²) in [5, 5.41) is 30.3. The van der Waals surface area contributed by atoms with Crippen molar-refractivity contribution in [2.75, 3.05) is 0 Å². The third kappa shape index (κ3) is 7.05. The van der Waals surface area contributed by atoms with Crippen molar-refractivity contribution in [3.05, 3.63) is 92.5 Å². The van der Waals surface area contributed by atoms with E-state index in [0.29, 0.717) is 36.0 Å². The van der Waals surface area contributed by atoms with Crippen LogP contribution in [0.25, 0.3) is 44.6 Å². The highest BCUT2D eigenvalue weighted by atomic mass is 16.5. The average Bonchev–Trinajstić information content (AvgIpc) is 3.69. The van der Waals surface area contributed by atoms with Crippen molar-refractivity contribution in [1.82, 2.24) is 28.7 Å². The van der Waals surface area contributed by atoms with Gasteiger partial charge in [-0.25, -0.2) is 9.59 Å². The number of hydrogen-bond acceptors (Lipinski definition) is 8. The van der Waals surface area contributed by atoms with Gasteiger partial charge < -0.3 is 28.8 Å². The van der Waals surface area contributed by atoms with E-state index in [1.807, 2.05) is 82.6 Å². The molecular weight excluding hydrogens is 741 g/mol. The summed E-state index contributed by atoms with van der Waals surface area (Å²) in [6.07, 6.45) is 2.98. The number of ether oxygens (including phenoxy) is 2. The Kier molecular flexibility index (Phi) is 9.89. The minimum Gasteiger partial charge on any atom is -0.489 e. The van der Waals surface area contributed by atoms with Crippen LogP contribution in [0.2, 0.25) is 0 Å². The summed E-state index contributed by atoms with van der Waals surface area (Å²) in [6, 6.07) is 14.2. The second-order valence-electron chi connectivity index (χ2n) is 17.8. The summed E-state index contributed by atoms with van der Waals surface area (Å²) in [5.74, 6) is -1.03. The van der Waals surface area contributed by atoms with Gasteiger partial charge in [-0.15, -0.1) is 0 Å². The number of carboxylic acids is 2. The third-order valence-electron chi connectivity index (χ3n) is 10.7. The van der Waals surface area contributed by atoms with Crippen molar-refractivity contribution in [2.24, 2.45) is 10.8 Å². The molecule has 2 N–H and O–H groups in total.